The minimum absolute atomic E-state index is 0.116. The highest BCUT2D eigenvalue weighted by Crippen LogP contribution is 2.46. The molecule has 4 rings (SSSR count). The van der Waals surface area contributed by atoms with E-state index in [9.17, 15) is 9.59 Å². The highest BCUT2D eigenvalue weighted by Gasteiger charge is 2.39. The lowest BCUT2D eigenvalue weighted by atomic mass is 9.73. The van der Waals surface area contributed by atoms with E-state index in [1.807, 2.05) is 12.1 Å². The third-order valence-electron chi connectivity index (χ3n) is 6.20. The van der Waals surface area contributed by atoms with Gasteiger partial charge in [-0.15, -0.1) is 0 Å². The predicted octanol–water partition coefficient (Wildman–Crippen LogP) is 5.46. The molecule has 168 valence electrons. The Morgan fingerprint density at radius 3 is 2.38 bits per heavy atom. The number of rotatable bonds is 3. The number of esters is 1. The molecule has 0 aromatic heterocycles. The minimum Gasteiger partial charge on any atom is -0.493 e. The minimum atomic E-state index is -0.415. The lowest BCUT2D eigenvalue weighted by Crippen LogP contribution is -2.31. The highest BCUT2D eigenvalue weighted by molar-refractivity contribution is 6.01. The largest absolute Gasteiger partial charge is 0.493 e. The first-order chi connectivity index (χ1) is 15.1. The van der Waals surface area contributed by atoms with E-state index in [4.69, 9.17) is 9.47 Å². The van der Waals surface area contributed by atoms with Gasteiger partial charge >= 0.3 is 5.97 Å². The Hall–Kier alpha value is -3.28. The molecule has 32 heavy (non-hydrogen) atoms. The Balaban J connectivity index is 1.87. The number of carbonyl (C=O) groups excluding carboxylic acids is 2. The van der Waals surface area contributed by atoms with Crippen molar-refractivity contribution < 1.29 is 19.1 Å². The zero-order valence-corrected chi connectivity index (χ0v) is 19.5. The van der Waals surface area contributed by atoms with Gasteiger partial charge in [-0.05, 0) is 66.6 Å². The summed E-state index contributed by atoms with van der Waals surface area (Å²) in [5, 5.41) is 7.18. The first-order valence-electron chi connectivity index (χ1n) is 10.9. The molecule has 2 aliphatic rings. The maximum absolute atomic E-state index is 13.4. The number of anilines is 2. The van der Waals surface area contributed by atoms with Gasteiger partial charge in [0, 0.05) is 24.6 Å². The summed E-state index contributed by atoms with van der Waals surface area (Å²) in [5.41, 5.74) is 6.73. The number of Topliss-reactive ketones (excluding diaryl/α,β-unsaturated/α-hetero) is 1. The highest BCUT2D eigenvalue weighted by atomic mass is 16.6. The van der Waals surface area contributed by atoms with Crippen LogP contribution < -0.4 is 20.1 Å². The maximum Gasteiger partial charge on any atom is 0.308 e. The normalized spacial score (nSPS) is 19.2. The van der Waals surface area contributed by atoms with Crippen molar-refractivity contribution in [3.63, 3.8) is 0 Å². The number of benzene rings is 2. The number of allylic oxidation sites excluding steroid dienone is 1. The van der Waals surface area contributed by atoms with Gasteiger partial charge < -0.3 is 20.1 Å². The molecule has 2 aromatic carbocycles. The van der Waals surface area contributed by atoms with Crippen molar-refractivity contribution in [2.45, 2.75) is 53.5 Å². The Kier molecular flexibility index (Phi) is 5.49. The number of methoxy groups -OCH3 is 1. The van der Waals surface area contributed by atoms with E-state index in [0.717, 1.165) is 34.6 Å². The molecule has 6 nitrogen and oxygen atoms in total. The zero-order chi connectivity index (χ0) is 23.2. The fourth-order valence-electron chi connectivity index (χ4n) is 4.56. The fraction of sp³-hybridized carbons (Fsp3) is 0.385. The van der Waals surface area contributed by atoms with Crippen LogP contribution in [-0.2, 0) is 9.59 Å². The molecule has 0 saturated carbocycles. The maximum atomic E-state index is 13.4. The van der Waals surface area contributed by atoms with Crippen LogP contribution >= 0.6 is 0 Å². The van der Waals surface area contributed by atoms with Gasteiger partial charge in [0.1, 0.15) is 0 Å². The van der Waals surface area contributed by atoms with Crippen LogP contribution in [0.25, 0.3) is 0 Å². The number of hydrogen-bond acceptors (Lipinski definition) is 6. The summed E-state index contributed by atoms with van der Waals surface area (Å²) in [4.78, 5) is 24.8. The summed E-state index contributed by atoms with van der Waals surface area (Å²) in [6.07, 6.45) is 1.27. The van der Waals surface area contributed by atoms with Crippen molar-refractivity contribution in [2.75, 3.05) is 17.7 Å². The van der Waals surface area contributed by atoms with E-state index >= 15 is 0 Å². The molecule has 2 N–H and O–H groups in total. The van der Waals surface area contributed by atoms with Gasteiger partial charge in [0.15, 0.2) is 17.3 Å². The molecule has 0 saturated heterocycles. The molecule has 0 unspecified atom stereocenters. The third kappa shape index (κ3) is 4.09. The van der Waals surface area contributed by atoms with E-state index < -0.39 is 5.97 Å². The van der Waals surface area contributed by atoms with Crippen LogP contribution in [0.15, 0.2) is 41.6 Å². The van der Waals surface area contributed by atoms with E-state index in [1.165, 1.54) is 25.2 Å². The molecule has 6 heteroatoms. The summed E-state index contributed by atoms with van der Waals surface area (Å²) in [6, 6.07) is 9.31. The summed E-state index contributed by atoms with van der Waals surface area (Å²) in [6.45, 7) is 9.77. The fourth-order valence-corrected chi connectivity index (χ4v) is 4.56. The first kappa shape index (κ1) is 21.9. The molecule has 0 radical (unpaired) electrons. The second-order valence-electron chi connectivity index (χ2n) is 9.52. The lowest BCUT2D eigenvalue weighted by Gasteiger charge is -2.34. The van der Waals surface area contributed by atoms with Crippen LogP contribution in [0, 0.1) is 19.3 Å². The number of fused-ring (bicyclic) bond motifs is 1. The molecule has 0 bridgehead atoms. The molecule has 1 aliphatic heterocycles. The second-order valence-corrected chi connectivity index (χ2v) is 9.52. The summed E-state index contributed by atoms with van der Waals surface area (Å²) < 4.78 is 10.8. The topological polar surface area (TPSA) is 76.7 Å². The number of aryl methyl sites for hydroxylation is 2. The molecule has 1 atom stereocenters. The summed E-state index contributed by atoms with van der Waals surface area (Å²) >= 11 is 0. The van der Waals surface area contributed by atoms with E-state index in [-0.39, 0.29) is 17.2 Å². The number of carbonyl (C=O) groups is 2. The molecular formula is C26H30N2O4. The van der Waals surface area contributed by atoms with Crippen molar-refractivity contribution in [1.82, 2.24) is 0 Å². The van der Waals surface area contributed by atoms with Crippen LogP contribution in [0.3, 0.4) is 0 Å². The summed E-state index contributed by atoms with van der Waals surface area (Å²) in [7, 11) is 1.54. The number of hydrogen-bond donors (Lipinski definition) is 2. The molecule has 2 aromatic rings. The predicted molar refractivity (Wildman–Crippen MR) is 125 cm³/mol. The van der Waals surface area contributed by atoms with Crippen LogP contribution in [0.4, 0.5) is 11.4 Å². The number of ether oxygens (including phenoxy) is 2. The number of nitrogens with one attached hydrogen (secondary N) is 2. The second kappa shape index (κ2) is 8.01. The van der Waals surface area contributed by atoms with Crippen molar-refractivity contribution in [3.8, 4) is 11.5 Å². The van der Waals surface area contributed by atoms with Crippen LogP contribution in [-0.4, -0.2) is 18.9 Å². The van der Waals surface area contributed by atoms with E-state index in [1.54, 1.807) is 6.07 Å². The third-order valence-corrected chi connectivity index (χ3v) is 6.20. The van der Waals surface area contributed by atoms with Gasteiger partial charge in [-0.3, -0.25) is 9.59 Å². The van der Waals surface area contributed by atoms with Crippen molar-refractivity contribution >= 4 is 23.1 Å². The van der Waals surface area contributed by atoms with Crippen LogP contribution in [0.5, 0.6) is 11.5 Å². The molecule has 0 amide bonds. The Morgan fingerprint density at radius 1 is 1.03 bits per heavy atom. The van der Waals surface area contributed by atoms with Crippen LogP contribution in [0.2, 0.25) is 0 Å². The average Bonchev–Trinajstić information content (AvgIpc) is 2.84. The van der Waals surface area contributed by atoms with Crippen molar-refractivity contribution in [3.05, 3.63) is 58.3 Å². The van der Waals surface area contributed by atoms with E-state index in [0.29, 0.717) is 17.9 Å². The molecule has 1 heterocycles. The Labute approximate surface area is 189 Å². The molecule has 0 fully saturated rings. The summed E-state index contributed by atoms with van der Waals surface area (Å²) in [5.74, 6) is 0.517. The van der Waals surface area contributed by atoms with Gasteiger partial charge in [-0.2, -0.15) is 0 Å². The molecule has 0 spiro atoms. The standard InChI is InChI=1S/C26H30N2O4/c1-14-9-18-19(10-15(14)2)28-25(24-20(27-18)12-26(4,5)13-21(24)30)17-7-8-22(32-16(3)29)23(11-17)31-6/h7-11,25,27-28H,12-13H2,1-6H3/t25-/m0/s1. The van der Waals surface area contributed by atoms with Gasteiger partial charge in [-0.1, -0.05) is 19.9 Å². The smallest absolute Gasteiger partial charge is 0.308 e. The average molecular weight is 435 g/mol. The molecule has 1 aliphatic carbocycles. The monoisotopic (exact) mass is 434 g/mol. The van der Waals surface area contributed by atoms with Crippen LogP contribution in [0.1, 0.15) is 56.3 Å². The SMILES string of the molecule is COc1cc([C@@H]2Nc3cc(C)c(C)cc3NC3=C2C(=O)CC(C)(C)C3)ccc1OC(C)=O. The molecular weight excluding hydrogens is 404 g/mol. The lowest BCUT2D eigenvalue weighted by molar-refractivity contribution is -0.132. The van der Waals surface area contributed by atoms with Gasteiger partial charge in [0.05, 0.1) is 24.5 Å². The van der Waals surface area contributed by atoms with Gasteiger partial charge in [0.25, 0.3) is 0 Å². The van der Waals surface area contributed by atoms with Gasteiger partial charge in [-0.25, -0.2) is 0 Å². The Bertz CT molecular complexity index is 1150. The number of ketones is 1. The van der Waals surface area contributed by atoms with Crippen molar-refractivity contribution in [2.24, 2.45) is 5.41 Å². The van der Waals surface area contributed by atoms with Gasteiger partial charge in [0.2, 0.25) is 0 Å². The first-order valence-corrected chi connectivity index (χ1v) is 10.9. The Morgan fingerprint density at radius 2 is 1.72 bits per heavy atom. The zero-order valence-electron chi connectivity index (χ0n) is 19.5. The van der Waals surface area contributed by atoms with E-state index in [2.05, 4.69) is 50.5 Å². The van der Waals surface area contributed by atoms with Crippen molar-refractivity contribution in [1.29, 1.82) is 0 Å². The quantitative estimate of drug-likeness (QED) is 0.494.